The maximum atomic E-state index is 11.8. The molecule has 3 aromatic carbocycles. The predicted molar refractivity (Wildman–Crippen MR) is 87.1 cm³/mol. The van der Waals surface area contributed by atoms with Crippen LogP contribution in [0.4, 0.5) is 0 Å². The lowest BCUT2D eigenvalue weighted by atomic mass is 9.98. The number of hydrogen-bond donors (Lipinski definition) is 0. The zero-order valence-corrected chi connectivity index (χ0v) is 11.9. The van der Waals surface area contributed by atoms with Gasteiger partial charge in [0.05, 0.1) is 12.2 Å². The Labute approximate surface area is 123 Å². The van der Waals surface area contributed by atoms with E-state index in [2.05, 4.69) is 30.8 Å². The third-order valence-corrected chi connectivity index (χ3v) is 3.62. The summed E-state index contributed by atoms with van der Waals surface area (Å²) < 4.78 is 5.00. The standard InChI is InChI=1S/C19H16O2/c1-3-21-19(20)13(2)15-10-11-18-16(12-15)9-8-14-6-4-5-7-17(14)18/h4-12H,2-3H2,1H3. The van der Waals surface area contributed by atoms with Gasteiger partial charge in [-0.3, -0.25) is 0 Å². The van der Waals surface area contributed by atoms with E-state index in [1.807, 2.05) is 30.3 Å². The average molecular weight is 276 g/mol. The maximum absolute atomic E-state index is 11.8. The van der Waals surface area contributed by atoms with E-state index >= 15 is 0 Å². The van der Waals surface area contributed by atoms with Gasteiger partial charge in [0.2, 0.25) is 0 Å². The zero-order chi connectivity index (χ0) is 14.8. The van der Waals surface area contributed by atoms with Crippen molar-refractivity contribution in [3.8, 4) is 0 Å². The first kappa shape index (κ1) is 13.4. The first-order chi connectivity index (χ1) is 10.2. The van der Waals surface area contributed by atoms with Gasteiger partial charge in [0.15, 0.2) is 0 Å². The maximum Gasteiger partial charge on any atom is 0.338 e. The van der Waals surface area contributed by atoms with Crippen LogP contribution in [-0.2, 0) is 9.53 Å². The van der Waals surface area contributed by atoms with E-state index in [0.717, 1.165) is 10.9 Å². The Bertz CT molecular complexity index is 846. The molecule has 0 heterocycles. The number of ether oxygens (including phenoxy) is 1. The molecule has 3 aromatic rings. The SMILES string of the molecule is C=C(C(=O)OCC)c1ccc2c(ccc3ccccc32)c1. The molecule has 0 unspecified atom stereocenters. The van der Waals surface area contributed by atoms with Gasteiger partial charge in [-0.25, -0.2) is 4.79 Å². The first-order valence-corrected chi connectivity index (χ1v) is 6.98. The fourth-order valence-corrected chi connectivity index (χ4v) is 2.54. The molecule has 0 atom stereocenters. The highest BCUT2D eigenvalue weighted by molar-refractivity contribution is 6.17. The Balaban J connectivity index is 2.11. The van der Waals surface area contributed by atoms with Gasteiger partial charge in [-0.05, 0) is 40.1 Å². The molecule has 0 bridgehead atoms. The summed E-state index contributed by atoms with van der Waals surface area (Å²) in [5.74, 6) is -0.363. The van der Waals surface area contributed by atoms with Gasteiger partial charge in [0.25, 0.3) is 0 Å². The highest BCUT2D eigenvalue weighted by atomic mass is 16.5. The molecule has 21 heavy (non-hydrogen) atoms. The number of carbonyl (C=O) groups excluding carboxylic acids is 1. The smallest absolute Gasteiger partial charge is 0.338 e. The highest BCUT2D eigenvalue weighted by Crippen LogP contribution is 2.27. The summed E-state index contributed by atoms with van der Waals surface area (Å²) >= 11 is 0. The molecule has 0 aromatic heterocycles. The summed E-state index contributed by atoms with van der Waals surface area (Å²) in [6.07, 6.45) is 0. The van der Waals surface area contributed by atoms with Crippen molar-refractivity contribution in [2.45, 2.75) is 6.92 Å². The molecule has 0 radical (unpaired) electrons. The van der Waals surface area contributed by atoms with Crippen LogP contribution >= 0.6 is 0 Å². The van der Waals surface area contributed by atoms with Crippen LogP contribution < -0.4 is 0 Å². The predicted octanol–water partition coefficient (Wildman–Crippen LogP) is 4.57. The fourth-order valence-electron chi connectivity index (χ4n) is 2.54. The normalized spacial score (nSPS) is 10.7. The molecule has 0 fully saturated rings. The van der Waals surface area contributed by atoms with Crippen molar-refractivity contribution in [1.82, 2.24) is 0 Å². The van der Waals surface area contributed by atoms with E-state index in [4.69, 9.17) is 4.74 Å². The molecule has 0 N–H and O–H groups in total. The van der Waals surface area contributed by atoms with E-state index in [0.29, 0.717) is 12.2 Å². The van der Waals surface area contributed by atoms with Crippen LogP contribution in [-0.4, -0.2) is 12.6 Å². The van der Waals surface area contributed by atoms with Crippen molar-refractivity contribution in [2.75, 3.05) is 6.61 Å². The Morgan fingerprint density at radius 1 is 1.00 bits per heavy atom. The highest BCUT2D eigenvalue weighted by Gasteiger charge is 2.11. The van der Waals surface area contributed by atoms with Crippen LogP contribution in [0, 0.1) is 0 Å². The van der Waals surface area contributed by atoms with Gasteiger partial charge in [0, 0.05) is 0 Å². The molecule has 104 valence electrons. The second-order valence-corrected chi connectivity index (χ2v) is 4.92. The molecule has 3 rings (SSSR count). The van der Waals surface area contributed by atoms with Crippen molar-refractivity contribution < 1.29 is 9.53 Å². The molecule has 0 saturated heterocycles. The summed E-state index contributed by atoms with van der Waals surface area (Å²) in [6, 6.07) is 18.4. The lowest BCUT2D eigenvalue weighted by Crippen LogP contribution is -2.05. The van der Waals surface area contributed by atoms with Crippen molar-refractivity contribution in [1.29, 1.82) is 0 Å². The first-order valence-electron chi connectivity index (χ1n) is 6.98. The van der Waals surface area contributed by atoms with Gasteiger partial charge < -0.3 is 4.74 Å². The van der Waals surface area contributed by atoms with Crippen LogP contribution in [0.5, 0.6) is 0 Å². The molecule has 0 amide bonds. The monoisotopic (exact) mass is 276 g/mol. The number of benzene rings is 3. The second kappa shape index (κ2) is 5.41. The zero-order valence-electron chi connectivity index (χ0n) is 11.9. The Morgan fingerprint density at radius 2 is 1.71 bits per heavy atom. The molecular formula is C19H16O2. The Hall–Kier alpha value is -2.61. The van der Waals surface area contributed by atoms with Crippen LogP contribution in [0.2, 0.25) is 0 Å². The fraction of sp³-hybridized carbons (Fsp3) is 0.105. The number of hydrogen-bond acceptors (Lipinski definition) is 2. The van der Waals surface area contributed by atoms with E-state index in [1.165, 1.54) is 16.2 Å². The summed E-state index contributed by atoms with van der Waals surface area (Å²) in [4.78, 5) is 11.8. The van der Waals surface area contributed by atoms with Gasteiger partial charge in [0.1, 0.15) is 0 Å². The minimum Gasteiger partial charge on any atom is -0.462 e. The third-order valence-electron chi connectivity index (χ3n) is 3.62. The molecule has 0 saturated carbocycles. The Morgan fingerprint density at radius 3 is 2.52 bits per heavy atom. The Kier molecular flexibility index (Phi) is 3.44. The van der Waals surface area contributed by atoms with Crippen LogP contribution in [0.15, 0.2) is 61.2 Å². The minimum absolute atomic E-state index is 0.357. The number of esters is 1. The molecule has 0 spiro atoms. The quantitative estimate of drug-likeness (QED) is 0.398. The topological polar surface area (TPSA) is 26.3 Å². The molecule has 0 aliphatic carbocycles. The van der Waals surface area contributed by atoms with Crippen LogP contribution in [0.25, 0.3) is 27.1 Å². The number of carbonyl (C=O) groups is 1. The van der Waals surface area contributed by atoms with Gasteiger partial charge in [-0.2, -0.15) is 0 Å². The molecule has 2 heteroatoms. The summed E-state index contributed by atoms with van der Waals surface area (Å²) in [5.41, 5.74) is 1.20. The molecular weight excluding hydrogens is 260 g/mol. The van der Waals surface area contributed by atoms with Crippen LogP contribution in [0.3, 0.4) is 0 Å². The summed E-state index contributed by atoms with van der Waals surface area (Å²) in [5, 5.41) is 4.69. The van der Waals surface area contributed by atoms with Crippen molar-refractivity contribution in [2.24, 2.45) is 0 Å². The minimum atomic E-state index is -0.363. The van der Waals surface area contributed by atoms with E-state index < -0.39 is 0 Å². The third kappa shape index (κ3) is 2.40. The van der Waals surface area contributed by atoms with E-state index in [9.17, 15) is 4.79 Å². The number of rotatable bonds is 3. The van der Waals surface area contributed by atoms with Gasteiger partial charge in [-0.1, -0.05) is 55.1 Å². The van der Waals surface area contributed by atoms with Gasteiger partial charge >= 0.3 is 5.97 Å². The lowest BCUT2D eigenvalue weighted by molar-refractivity contribution is -0.136. The van der Waals surface area contributed by atoms with Crippen LogP contribution in [0.1, 0.15) is 12.5 Å². The van der Waals surface area contributed by atoms with E-state index in [1.54, 1.807) is 6.92 Å². The average Bonchev–Trinajstić information content (AvgIpc) is 2.53. The largest absolute Gasteiger partial charge is 0.462 e. The second-order valence-electron chi connectivity index (χ2n) is 4.92. The van der Waals surface area contributed by atoms with Crippen molar-refractivity contribution >= 4 is 33.1 Å². The molecule has 0 aliphatic rings. The van der Waals surface area contributed by atoms with Crippen molar-refractivity contribution in [3.63, 3.8) is 0 Å². The van der Waals surface area contributed by atoms with E-state index in [-0.39, 0.29) is 5.97 Å². The number of fused-ring (bicyclic) bond motifs is 3. The van der Waals surface area contributed by atoms with Gasteiger partial charge in [-0.15, -0.1) is 0 Å². The summed E-state index contributed by atoms with van der Waals surface area (Å²) in [6.45, 7) is 5.98. The van der Waals surface area contributed by atoms with Crippen molar-refractivity contribution in [3.05, 3.63) is 66.7 Å². The molecule has 2 nitrogen and oxygen atoms in total. The lowest BCUT2D eigenvalue weighted by Gasteiger charge is -2.08. The molecule has 0 aliphatic heterocycles. The summed E-state index contributed by atoms with van der Waals surface area (Å²) in [7, 11) is 0.